The fourth-order valence-electron chi connectivity index (χ4n) is 2.77. The van der Waals surface area contributed by atoms with Crippen molar-refractivity contribution in [3.8, 4) is 5.75 Å². The summed E-state index contributed by atoms with van der Waals surface area (Å²) in [6.07, 6.45) is 11.4. The molecule has 6 nitrogen and oxygen atoms in total. The van der Waals surface area contributed by atoms with Crippen LogP contribution in [-0.2, 0) is 9.47 Å². The second-order valence-electron chi connectivity index (χ2n) is 6.62. The van der Waals surface area contributed by atoms with Crippen LogP contribution in [0.4, 0.5) is 10.5 Å². The van der Waals surface area contributed by atoms with Gasteiger partial charge in [0.05, 0.1) is 19.3 Å². The fourth-order valence-corrected chi connectivity index (χ4v) is 2.77. The van der Waals surface area contributed by atoms with E-state index in [1.165, 1.54) is 70.3 Å². The Morgan fingerprint density at radius 3 is 2.07 bits per heavy atom. The van der Waals surface area contributed by atoms with Gasteiger partial charge in [-0.1, -0.05) is 64.7 Å². The van der Waals surface area contributed by atoms with Gasteiger partial charge >= 0.3 is 12.1 Å². The number of anilines is 1. The SMILES string of the molecule is CCCCCCCCCCCCOC(=O)Oc1ccc(C(=O)OC)c(N)c1. The van der Waals surface area contributed by atoms with Crippen molar-refractivity contribution in [2.75, 3.05) is 19.5 Å². The Kier molecular flexibility index (Phi) is 11.7. The van der Waals surface area contributed by atoms with Crippen LogP contribution in [0.25, 0.3) is 0 Å². The van der Waals surface area contributed by atoms with Gasteiger partial charge in [0, 0.05) is 11.8 Å². The van der Waals surface area contributed by atoms with Crippen molar-refractivity contribution < 1.29 is 23.8 Å². The zero-order valence-electron chi connectivity index (χ0n) is 16.6. The lowest BCUT2D eigenvalue weighted by molar-refractivity contribution is 0.0602. The Bertz CT molecular complexity index is 574. The smallest absolute Gasteiger partial charge is 0.465 e. The monoisotopic (exact) mass is 379 g/mol. The molecule has 0 aliphatic carbocycles. The van der Waals surface area contributed by atoms with Gasteiger partial charge < -0.3 is 19.9 Å². The quantitative estimate of drug-likeness (QED) is 0.211. The number of rotatable bonds is 13. The summed E-state index contributed by atoms with van der Waals surface area (Å²) in [6, 6.07) is 4.32. The van der Waals surface area contributed by atoms with Gasteiger partial charge in [-0.05, 0) is 18.6 Å². The average molecular weight is 379 g/mol. The van der Waals surface area contributed by atoms with Crippen LogP contribution in [0.5, 0.6) is 5.75 Å². The number of unbranched alkanes of at least 4 members (excludes halogenated alkanes) is 9. The number of ether oxygens (including phenoxy) is 3. The maximum absolute atomic E-state index is 11.7. The molecule has 0 heterocycles. The van der Waals surface area contributed by atoms with Crippen molar-refractivity contribution in [3.05, 3.63) is 23.8 Å². The maximum Gasteiger partial charge on any atom is 0.513 e. The summed E-state index contributed by atoms with van der Waals surface area (Å²) in [5, 5.41) is 0. The minimum Gasteiger partial charge on any atom is -0.465 e. The second-order valence-corrected chi connectivity index (χ2v) is 6.62. The molecule has 0 radical (unpaired) electrons. The molecule has 0 spiro atoms. The summed E-state index contributed by atoms with van der Waals surface area (Å²) >= 11 is 0. The third-order valence-corrected chi connectivity index (χ3v) is 4.35. The highest BCUT2D eigenvalue weighted by Crippen LogP contribution is 2.21. The highest BCUT2D eigenvalue weighted by Gasteiger charge is 2.12. The number of nitrogen functional groups attached to an aromatic ring is 1. The highest BCUT2D eigenvalue weighted by atomic mass is 16.7. The normalized spacial score (nSPS) is 10.4. The Balaban J connectivity index is 2.11. The minimum absolute atomic E-state index is 0.182. The summed E-state index contributed by atoms with van der Waals surface area (Å²) in [7, 11) is 1.27. The third-order valence-electron chi connectivity index (χ3n) is 4.35. The van der Waals surface area contributed by atoms with Crippen LogP contribution in [0.2, 0.25) is 0 Å². The predicted molar refractivity (Wildman–Crippen MR) is 106 cm³/mol. The van der Waals surface area contributed by atoms with E-state index in [4.69, 9.17) is 15.2 Å². The molecule has 0 unspecified atom stereocenters. The molecule has 0 atom stereocenters. The molecule has 0 fully saturated rings. The lowest BCUT2D eigenvalue weighted by Crippen LogP contribution is -2.12. The fraction of sp³-hybridized carbons (Fsp3) is 0.619. The number of nitrogens with two attached hydrogens (primary N) is 1. The van der Waals surface area contributed by atoms with E-state index >= 15 is 0 Å². The van der Waals surface area contributed by atoms with Crippen molar-refractivity contribution in [2.24, 2.45) is 0 Å². The third kappa shape index (κ3) is 9.87. The van der Waals surface area contributed by atoms with Crippen LogP contribution in [0.15, 0.2) is 18.2 Å². The molecule has 0 amide bonds. The van der Waals surface area contributed by atoms with Crippen molar-refractivity contribution in [2.45, 2.75) is 71.1 Å². The van der Waals surface area contributed by atoms with E-state index in [9.17, 15) is 9.59 Å². The molecular weight excluding hydrogens is 346 g/mol. The van der Waals surface area contributed by atoms with Gasteiger partial charge in [0.1, 0.15) is 5.75 Å². The molecule has 0 aliphatic rings. The van der Waals surface area contributed by atoms with E-state index in [-0.39, 0.29) is 17.0 Å². The van der Waals surface area contributed by atoms with E-state index in [2.05, 4.69) is 11.7 Å². The zero-order chi connectivity index (χ0) is 19.9. The maximum atomic E-state index is 11.7. The van der Waals surface area contributed by atoms with E-state index in [0.717, 1.165) is 19.3 Å². The number of methoxy groups -OCH3 is 1. The number of hydrogen-bond donors (Lipinski definition) is 1. The first-order chi connectivity index (χ1) is 13.1. The van der Waals surface area contributed by atoms with Crippen LogP contribution < -0.4 is 10.5 Å². The highest BCUT2D eigenvalue weighted by molar-refractivity contribution is 5.95. The first-order valence-corrected chi connectivity index (χ1v) is 9.91. The van der Waals surface area contributed by atoms with Crippen LogP contribution in [0.3, 0.4) is 0 Å². The number of hydrogen-bond acceptors (Lipinski definition) is 6. The van der Waals surface area contributed by atoms with E-state index in [1.54, 1.807) is 0 Å². The van der Waals surface area contributed by atoms with Crippen molar-refractivity contribution in [1.29, 1.82) is 0 Å². The average Bonchev–Trinajstić information content (AvgIpc) is 2.65. The van der Waals surface area contributed by atoms with Crippen LogP contribution in [0.1, 0.15) is 81.5 Å². The van der Waals surface area contributed by atoms with E-state index in [1.807, 2.05) is 0 Å². The minimum atomic E-state index is -0.767. The van der Waals surface area contributed by atoms with Crippen molar-refractivity contribution in [1.82, 2.24) is 0 Å². The second kappa shape index (κ2) is 13.9. The summed E-state index contributed by atoms with van der Waals surface area (Å²) in [6.45, 7) is 2.57. The standard InChI is InChI=1S/C21H33NO5/c1-3-4-5-6-7-8-9-10-11-12-15-26-21(24)27-17-13-14-18(19(22)16-17)20(23)25-2/h13-14,16H,3-12,15,22H2,1-2H3. The molecule has 1 aromatic carbocycles. The predicted octanol–water partition coefficient (Wildman–Crippen LogP) is 5.49. The van der Waals surface area contributed by atoms with Crippen molar-refractivity contribution >= 4 is 17.8 Å². The first kappa shape index (κ1) is 22.8. The lowest BCUT2D eigenvalue weighted by atomic mass is 10.1. The number of esters is 1. The van der Waals surface area contributed by atoms with Crippen LogP contribution >= 0.6 is 0 Å². The molecule has 2 N–H and O–H groups in total. The van der Waals surface area contributed by atoms with Gasteiger partial charge in [-0.2, -0.15) is 0 Å². The Morgan fingerprint density at radius 2 is 1.52 bits per heavy atom. The van der Waals surface area contributed by atoms with E-state index in [0.29, 0.717) is 6.61 Å². The number of benzene rings is 1. The van der Waals surface area contributed by atoms with Crippen LogP contribution in [0, 0.1) is 0 Å². The summed E-state index contributed by atoms with van der Waals surface area (Å²) in [5.74, 6) is -0.309. The topological polar surface area (TPSA) is 87.8 Å². The van der Waals surface area contributed by atoms with Gasteiger partial charge in [0.25, 0.3) is 0 Å². The Morgan fingerprint density at radius 1 is 0.926 bits per heavy atom. The van der Waals surface area contributed by atoms with Gasteiger partial charge in [-0.3, -0.25) is 0 Å². The Hall–Kier alpha value is -2.24. The van der Waals surface area contributed by atoms with Gasteiger partial charge in [-0.15, -0.1) is 0 Å². The lowest BCUT2D eigenvalue weighted by Gasteiger charge is -2.08. The zero-order valence-corrected chi connectivity index (χ0v) is 16.6. The van der Waals surface area contributed by atoms with Crippen molar-refractivity contribution in [3.63, 3.8) is 0 Å². The van der Waals surface area contributed by atoms with Crippen LogP contribution in [-0.4, -0.2) is 25.8 Å². The van der Waals surface area contributed by atoms with Gasteiger partial charge in [0.2, 0.25) is 0 Å². The molecular formula is C21H33NO5. The van der Waals surface area contributed by atoms with Gasteiger partial charge in [0.15, 0.2) is 0 Å². The Labute approximate surface area is 162 Å². The molecule has 0 saturated heterocycles. The summed E-state index contributed by atoms with van der Waals surface area (Å²) in [4.78, 5) is 23.1. The molecule has 0 bridgehead atoms. The molecule has 0 saturated carbocycles. The summed E-state index contributed by atoms with van der Waals surface area (Å²) < 4.78 is 14.7. The molecule has 152 valence electrons. The molecule has 6 heteroatoms. The van der Waals surface area contributed by atoms with Gasteiger partial charge in [-0.25, -0.2) is 9.59 Å². The molecule has 0 aromatic heterocycles. The molecule has 0 aliphatic heterocycles. The first-order valence-electron chi connectivity index (χ1n) is 9.91. The molecule has 1 aromatic rings. The number of carbonyl (C=O) groups is 2. The molecule has 27 heavy (non-hydrogen) atoms. The number of carbonyl (C=O) groups excluding carboxylic acids is 2. The van der Waals surface area contributed by atoms with E-state index < -0.39 is 12.1 Å². The summed E-state index contributed by atoms with van der Waals surface area (Å²) in [5.41, 5.74) is 6.16. The largest absolute Gasteiger partial charge is 0.513 e. The molecule has 1 rings (SSSR count).